The Kier molecular flexibility index (Phi) is 12.7. The Balaban J connectivity index is 1.07. The van der Waals surface area contributed by atoms with Gasteiger partial charge in [0.2, 0.25) is 0 Å². The van der Waals surface area contributed by atoms with Crippen LogP contribution < -0.4 is 4.90 Å². The molecule has 0 atom stereocenters. The van der Waals surface area contributed by atoms with Crippen molar-refractivity contribution in [2.45, 2.75) is 196 Å². The van der Waals surface area contributed by atoms with Gasteiger partial charge in [0.15, 0.2) is 0 Å². The van der Waals surface area contributed by atoms with Crippen LogP contribution in [0.5, 0.6) is 0 Å². The van der Waals surface area contributed by atoms with Crippen LogP contribution in [0.25, 0.3) is 33.4 Å². The van der Waals surface area contributed by atoms with Crippen LogP contribution in [-0.2, 0) is 10.8 Å². The minimum atomic E-state index is -0.104. The summed E-state index contributed by atoms with van der Waals surface area (Å²) in [6, 6.07) is 48.4. The molecule has 0 N–H and O–H groups in total. The van der Waals surface area contributed by atoms with Gasteiger partial charge in [0.05, 0.1) is 5.69 Å². The fraction of sp³-hybridized carbons (Fsp3) is 0.500. The highest BCUT2D eigenvalue weighted by Gasteiger charge is 2.41. The number of anilines is 3. The SMILES string of the molecule is CC1(C)c2ccccc2-c2ccc(N(c3ccc(-c4c(C5CCC(C(C)(C)C)CC5)cc(C5CCC(C(C)(C)C)CC5)cc4C4CCC(C(C)(C)C)CC4)cc3)c3cccc4c3-c3ccccc3C4(C)C)cc21. The maximum absolute atomic E-state index is 2.81. The van der Waals surface area contributed by atoms with E-state index in [0.717, 1.165) is 17.8 Å². The molecule has 6 aromatic rings. The van der Waals surface area contributed by atoms with Crippen molar-refractivity contribution in [1.29, 1.82) is 0 Å². The van der Waals surface area contributed by atoms with E-state index < -0.39 is 0 Å². The third-order valence-corrected chi connectivity index (χ3v) is 20.5. The Hall–Kier alpha value is -4.88. The highest BCUT2D eigenvalue weighted by molar-refractivity contribution is 5.96. The molecular formula is C72H89N. The van der Waals surface area contributed by atoms with Crippen molar-refractivity contribution in [3.63, 3.8) is 0 Å². The summed E-state index contributed by atoms with van der Waals surface area (Å²) < 4.78 is 0. The summed E-state index contributed by atoms with van der Waals surface area (Å²) in [6.07, 6.45) is 15.9. The summed E-state index contributed by atoms with van der Waals surface area (Å²) in [5.41, 5.74) is 23.8. The number of hydrogen-bond acceptors (Lipinski definition) is 1. The van der Waals surface area contributed by atoms with Gasteiger partial charge in [-0.05, 0) is 226 Å². The fourth-order valence-electron chi connectivity index (χ4n) is 15.7. The van der Waals surface area contributed by atoms with Crippen molar-refractivity contribution in [2.75, 3.05) is 4.90 Å². The van der Waals surface area contributed by atoms with Crippen LogP contribution >= 0.6 is 0 Å². The van der Waals surface area contributed by atoms with Gasteiger partial charge in [0.1, 0.15) is 0 Å². The molecule has 0 aliphatic heterocycles. The predicted molar refractivity (Wildman–Crippen MR) is 314 cm³/mol. The van der Waals surface area contributed by atoms with E-state index in [2.05, 4.69) is 216 Å². The second-order valence-electron chi connectivity index (χ2n) is 28.5. The lowest BCUT2D eigenvalue weighted by Gasteiger charge is -2.40. The van der Waals surface area contributed by atoms with Crippen molar-refractivity contribution in [3.8, 4) is 33.4 Å². The van der Waals surface area contributed by atoms with Crippen LogP contribution in [0, 0.1) is 34.0 Å². The summed E-state index contributed by atoms with van der Waals surface area (Å²) in [4.78, 5) is 2.61. The number of fused-ring (bicyclic) bond motifs is 6. The van der Waals surface area contributed by atoms with E-state index >= 15 is 0 Å². The molecule has 11 rings (SSSR count). The first-order chi connectivity index (χ1) is 34.6. The fourth-order valence-corrected chi connectivity index (χ4v) is 15.7. The largest absolute Gasteiger partial charge is 0.310 e. The lowest BCUT2D eigenvalue weighted by Crippen LogP contribution is -2.27. The zero-order valence-electron chi connectivity index (χ0n) is 47.4. The van der Waals surface area contributed by atoms with Crippen LogP contribution in [0.2, 0.25) is 0 Å². The Morgan fingerprint density at radius 1 is 0.370 bits per heavy atom. The molecule has 0 radical (unpaired) electrons. The average molecular weight is 969 g/mol. The third kappa shape index (κ3) is 8.97. The minimum Gasteiger partial charge on any atom is -0.310 e. The van der Waals surface area contributed by atoms with E-state index in [-0.39, 0.29) is 10.8 Å². The normalized spacial score (nSPS) is 24.3. The number of benzene rings is 6. The van der Waals surface area contributed by atoms with E-state index in [1.54, 1.807) is 22.3 Å². The van der Waals surface area contributed by atoms with Crippen LogP contribution in [-0.4, -0.2) is 0 Å². The molecule has 5 aliphatic rings. The maximum atomic E-state index is 2.81. The van der Waals surface area contributed by atoms with Gasteiger partial charge in [0, 0.05) is 27.8 Å². The van der Waals surface area contributed by atoms with Gasteiger partial charge in [-0.1, -0.05) is 181 Å². The predicted octanol–water partition coefficient (Wildman–Crippen LogP) is 21.4. The highest BCUT2D eigenvalue weighted by Crippen LogP contribution is 2.57. The number of nitrogens with zero attached hydrogens (tertiary/aromatic N) is 1. The van der Waals surface area contributed by atoms with E-state index in [1.165, 1.54) is 144 Å². The molecule has 0 amide bonds. The molecule has 382 valence electrons. The molecule has 5 aliphatic carbocycles. The molecular weight excluding hydrogens is 879 g/mol. The quantitative estimate of drug-likeness (QED) is 0.154. The lowest BCUT2D eigenvalue weighted by molar-refractivity contribution is 0.167. The first-order valence-electron chi connectivity index (χ1n) is 29.2. The zero-order valence-corrected chi connectivity index (χ0v) is 47.4. The van der Waals surface area contributed by atoms with Crippen molar-refractivity contribution in [1.82, 2.24) is 0 Å². The molecule has 0 spiro atoms. The van der Waals surface area contributed by atoms with Gasteiger partial charge in [-0.15, -0.1) is 0 Å². The Morgan fingerprint density at radius 2 is 0.795 bits per heavy atom. The highest BCUT2D eigenvalue weighted by atomic mass is 15.1. The summed E-state index contributed by atoms with van der Waals surface area (Å²) in [5.74, 6) is 4.24. The van der Waals surface area contributed by atoms with E-state index in [4.69, 9.17) is 0 Å². The van der Waals surface area contributed by atoms with Crippen molar-refractivity contribution < 1.29 is 0 Å². The molecule has 0 bridgehead atoms. The number of hydrogen-bond donors (Lipinski definition) is 0. The van der Waals surface area contributed by atoms with Gasteiger partial charge >= 0.3 is 0 Å². The topological polar surface area (TPSA) is 3.24 Å². The minimum absolute atomic E-state index is 0.0953. The first-order valence-corrected chi connectivity index (χ1v) is 29.2. The zero-order chi connectivity index (χ0) is 51.4. The van der Waals surface area contributed by atoms with Gasteiger partial charge in [-0.3, -0.25) is 0 Å². The van der Waals surface area contributed by atoms with Crippen LogP contribution in [0.15, 0.2) is 121 Å². The maximum Gasteiger partial charge on any atom is 0.0543 e. The lowest BCUT2D eigenvalue weighted by atomic mass is 9.64. The van der Waals surface area contributed by atoms with Crippen LogP contribution in [0.3, 0.4) is 0 Å². The summed E-state index contributed by atoms with van der Waals surface area (Å²) in [6.45, 7) is 32.0. The molecule has 0 aromatic heterocycles. The third-order valence-electron chi connectivity index (χ3n) is 20.5. The van der Waals surface area contributed by atoms with Crippen LogP contribution in [0.1, 0.15) is 224 Å². The molecule has 3 fully saturated rings. The van der Waals surface area contributed by atoms with Gasteiger partial charge in [-0.25, -0.2) is 0 Å². The molecule has 1 heteroatoms. The molecule has 3 saturated carbocycles. The second-order valence-corrected chi connectivity index (χ2v) is 28.5. The second kappa shape index (κ2) is 18.4. The standard InChI is InChI=1S/C72H89N/c1-68(2,3)51-33-25-46(26-34-51)50-43-59(47-27-35-52(36-28-47)69(4,5)6)66(60(44-50)48-29-37-53(38-30-48)70(7,8)9)49-31-39-54(40-32-49)73(55-41-42-57-56-19-14-16-21-61(56)72(12,13)64(57)45-55)65-24-18-23-63-67(65)58-20-15-17-22-62(58)71(63,10)11/h14-24,31-32,39-48,51-53H,25-30,33-38H2,1-13H3. The summed E-state index contributed by atoms with van der Waals surface area (Å²) in [5, 5.41) is 0. The van der Waals surface area contributed by atoms with Crippen molar-refractivity contribution in [3.05, 3.63) is 160 Å². The summed E-state index contributed by atoms with van der Waals surface area (Å²) in [7, 11) is 0. The van der Waals surface area contributed by atoms with E-state index in [0.29, 0.717) is 34.0 Å². The van der Waals surface area contributed by atoms with Crippen molar-refractivity contribution in [2.24, 2.45) is 34.0 Å². The molecule has 73 heavy (non-hydrogen) atoms. The van der Waals surface area contributed by atoms with Gasteiger partial charge in [-0.2, -0.15) is 0 Å². The monoisotopic (exact) mass is 968 g/mol. The summed E-state index contributed by atoms with van der Waals surface area (Å²) >= 11 is 0. The van der Waals surface area contributed by atoms with Gasteiger partial charge in [0.25, 0.3) is 0 Å². The molecule has 6 aromatic carbocycles. The Labute approximate surface area is 443 Å². The Bertz CT molecular complexity index is 2930. The van der Waals surface area contributed by atoms with Gasteiger partial charge < -0.3 is 4.90 Å². The first kappa shape index (κ1) is 50.3. The smallest absolute Gasteiger partial charge is 0.0543 e. The molecule has 1 nitrogen and oxygen atoms in total. The van der Waals surface area contributed by atoms with Crippen molar-refractivity contribution >= 4 is 17.1 Å². The average Bonchev–Trinajstić information content (AvgIpc) is 3.75. The Morgan fingerprint density at radius 3 is 1.32 bits per heavy atom. The molecule has 0 unspecified atom stereocenters. The number of rotatable bonds is 7. The molecule has 0 saturated heterocycles. The van der Waals surface area contributed by atoms with E-state index in [1.807, 2.05) is 0 Å². The van der Waals surface area contributed by atoms with E-state index in [9.17, 15) is 0 Å². The molecule has 0 heterocycles. The van der Waals surface area contributed by atoms with Crippen LogP contribution in [0.4, 0.5) is 17.1 Å².